The van der Waals surface area contributed by atoms with Crippen LogP contribution in [-0.2, 0) is 0 Å². The van der Waals surface area contributed by atoms with E-state index in [-0.39, 0.29) is 0 Å². The summed E-state index contributed by atoms with van der Waals surface area (Å²) in [7, 11) is -4.46. The first-order chi connectivity index (χ1) is 13.6. The average Bonchev–Trinajstić information content (AvgIpc) is 2.49. The maximum Gasteiger partial charge on any atom is 0.146 e. The van der Waals surface area contributed by atoms with Gasteiger partial charge in [-0.05, 0) is 23.0 Å². The van der Waals surface area contributed by atoms with Crippen LogP contribution in [0.25, 0.3) is 0 Å². The summed E-state index contributed by atoms with van der Waals surface area (Å²) >= 11 is 0. The van der Waals surface area contributed by atoms with Crippen molar-refractivity contribution >= 4 is 52.0 Å². The molecular weight excluding hydrogens is 471 g/mol. The highest BCUT2D eigenvalue weighted by atomic mass is 30.2. The molecule has 1 aromatic carbocycles. The largest absolute Gasteiger partial charge is 0.428 e. The first kappa shape index (κ1) is 29.4. The van der Waals surface area contributed by atoms with Crippen molar-refractivity contribution in [3.8, 4) is 0 Å². The Morgan fingerprint density at radius 2 is 0.935 bits per heavy atom. The summed E-state index contributed by atoms with van der Waals surface area (Å²) < 4.78 is 3.11. The molecule has 0 aliphatic rings. The minimum atomic E-state index is -1.58. The van der Waals surface area contributed by atoms with Crippen LogP contribution in [0.5, 0.6) is 0 Å². The van der Waals surface area contributed by atoms with Crippen molar-refractivity contribution in [3.05, 3.63) is 29.3 Å². The van der Waals surface area contributed by atoms with E-state index < -0.39 is 37.2 Å². The molecule has 7 heteroatoms. The minimum absolute atomic E-state index is 0.569. The minimum Gasteiger partial charge on any atom is -0.428 e. The molecule has 0 fully saturated rings. The number of nitrogens with zero attached hydrogens (tertiary/aromatic N) is 1. The standard InChI is InChI=1S/C24H53NSi6/c1-20(2)22-18-17-19-23(21(3)4)24(22)25(27(5,6)7)26-31(28(8,9)10,29(11,12)13)30(14,15)16/h17-21H,1-16H3. The van der Waals surface area contributed by atoms with Crippen molar-refractivity contribution in [2.45, 2.75) is 118 Å². The Morgan fingerprint density at radius 1 is 0.613 bits per heavy atom. The second kappa shape index (κ2) is 9.52. The predicted octanol–water partition coefficient (Wildman–Crippen LogP) is 8.39. The normalized spacial score (nSPS) is 14.5. The van der Waals surface area contributed by atoms with Gasteiger partial charge in [0.25, 0.3) is 0 Å². The van der Waals surface area contributed by atoms with E-state index in [0.29, 0.717) is 11.8 Å². The highest BCUT2D eigenvalue weighted by molar-refractivity contribution is 8.02. The quantitative estimate of drug-likeness (QED) is 0.294. The summed E-state index contributed by atoms with van der Waals surface area (Å²) in [6, 6.07) is 7.19. The number of para-hydroxylation sites is 1. The molecule has 0 amide bonds. The monoisotopic (exact) mass is 523 g/mol. The Bertz CT molecular complexity index is 683. The van der Waals surface area contributed by atoms with Crippen LogP contribution in [0.2, 0.25) is 78.6 Å². The fraction of sp³-hybridized carbons (Fsp3) is 0.750. The summed E-state index contributed by atoms with van der Waals surface area (Å²) in [5.74, 6) is 1.14. The molecule has 0 aliphatic carbocycles. The van der Waals surface area contributed by atoms with Gasteiger partial charge in [-0.3, -0.25) is 0 Å². The lowest BCUT2D eigenvalue weighted by molar-refractivity contribution is 0.835. The van der Waals surface area contributed by atoms with Gasteiger partial charge in [-0.15, -0.1) is 0 Å². The number of benzene rings is 1. The van der Waals surface area contributed by atoms with E-state index in [1.807, 2.05) is 0 Å². The van der Waals surface area contributed by atoms with E-state index in [9.17, 15) is 0 Å². The first-order valence-electron chi connectivity index (χ1n) is 12.3. The van der Waals surface area contributed by atoms with Gasteiger partial charge in [0.2, 0.25) is 0 Å². The molecule has 0 spiro atoms. The lowest BCUT2D eigenvalue weighted by atomic mass is 9.93. The van der Waals surface area contributed by atoms with Gasteiger partial charge in [-0.1, -0.05) is 124 Å². The van der Waals surface area contributed by atoms with Crippen molar-refractivity contribution < 1.29 is 0 Å². The Hall–Kier alpha value is 0.321. The second-order valence-electron chi connectivity index (χ2n) is 14.2. The molecule has 0 saturated heterocycles. The summed E-state index contributed by atoms with van der Waals surface area (Å²) in [5, 5.41) is 0. The van der Waals surface area contributed by atoms with Crippen molar-refractivity contribution in [2.24, 2.45) is 0 Å². The van der Waals surface area contributed by atoms with Crippen molar-refractivity contribution in [3.63, 3.8) is 0 Å². The van der Waals surface area contributed by atoms with Crippen molar-refractivity contribution in [1.82, 2.24) is 0 Å². The Labute approximate surface area is 203 Å². The molecule has 0 bridgehead atoms. The van der Waals surface area contributed by atoms with E-state index in [1.165, 1.54) is 0 Å². The maximum atomic E-state index is 3.11. The van der Waals surface area contributed by atoms with Gasteiger partial charge in [0.15, 0.2) is 0 Å². The molecule has 0 N–H and O–H groups in total. The van der Waals surface area contributed by atoms with Crippen LogP contribution >= 0.6 is 0 Å². The molecule has 0 aromatic heterocycles. The lowest BCUT2D eigenvalue weighted by Gasteiger charge is -2.60. The van der Waals surface area contributed by atoms with Gasteiger partial charge < -0.3 is 4.23 Å². The summed E-state index contributed by atoms with van der Waals surface area (Å²) in [6.07, 6.45) is -1.47. The number of anilines is 1. The molecule has 0 atom stereocenters. The van der Waals surface area contributed by atoms with Crippen LogP contribution in [0.4, 0.5) is 5.69 Å². The average molecular weight is 524 g/mol. The highest BCUT2D eigenvalue weighted by Gasteiger charge is 2.63. The molecule has 2 radical (unpaired) electrons. The number of hydrogen-bond donors (Lipinski definition) is 0. The van der Waals surface area contributed by atoms with Crippen LogP contribution in [0, 0.1) is 0 Å². The molecule has 1 aromatic rings. The number of rotatable bonds is 9. The van der Waals surface area contributed by atoms with Gasteiger partial charge in [-0.2, -0.15) is 0 Å². The predicted molar refractivity (Wildman–Crippen MR) is 162 cm³/mol. The summed E-state index contributed by atoms with van der Waals surface area (Å²) in [5.41, 5.74) is 4.83. The molecular formula is C24H53NSi6. The smallest absolute Gasteiger partial charge is 0.146 e. The van der Waals surface area contributed by atoms with Gasteiger partial charge in [0, 0.05) is 28.5 Å². The zero-order chi connectivity index (χ0) is 24.8. The third kappa shape index (κ3) is 5.88. The zero-order valence-electron chi connectivity index (χ0n) is 23.8. The van der Waals surface area contributed by atoms with E-state index in [4.69, 9.17) is 0 Å². The van der Waals surface area contributed by atoms with Crippen molar-refractivity contribution in [1.29, 1.82) is 0 Å². The first-order valence-corrected chi connectivity index (χ1v) is 33.2. The molecule has 1 nitrogen and oxygen atoms in total. The summed E-state index contributed by atoms with van der Waals surface area (Å²) in [4.78, 5) is 0. The Morgan fingerprint density at radius 3 is 1.16 bits per heavy atom. The van der Waals surface area contributed by atoms with Crippen LogP contribution in [0.1, 0.15) is 50.7 Å². The lowest BCUT2D eigenvalue weighted by Crippen LogP contribution is -2.88. The topological polar surface area (TPSA) is 3.24 Å². The van der Waals surface area contributed by atoms with E-state index >= 15 is 0 Å². The van der Waals surface area contributed by atoms with Gasteiger partial charge in [0.05, 0.1) is 6.14 Å². The van der Waals surface area contributed by atoms with Crippen LogP contribution in [0.3, 0.4) is 0 Å². The second-order valence-corrected chi connectivity index (χ2v) is 67.3. The fourth-order valence-electron chi connectivity index (χ4n) is 6.37. The Kier molecular flexibility index (Phi) is 9.02. The fourth-order valence-corrected chi connectivity index (χ4v) is 122. The van der Waals surface area contributed by atoms with Gasteiger partial charge >= 0.3 is 0 Å². The molecule has 0 saturated carbocycles. The van der Waals surface area contributed by atoms with Crippen LogP contribution < -0.4 is 4.23 Å². The maximum absolute atomic E-state index is 3.11. The molecule has 0 heterocycles. The third-order valence-electron chi connectivity index (χ3n) is 6.89. The third-order valence-corrected chi connectivity index (χ3v) is 105. The SMILES string of the molecule is CC(C)c1cccc(C(C)C)c1N([Si][Si]([Si](C)(C)C)([Si](C)(C)C)[Si](C)(C)C)[Si](C)(C)C. The van der Waals surface area contributed by atoms with Crippen LogP contribution in [-0.4, -0.2) is 46.4 Å². The molecule has 0 aliphatic heterocycles. The van der Waals surface area contributed by atoms with Gasteiger partial charge in [0.1, 0.15) is 17.4 Å². The van der Waals surface area contributed by atoms with E-state index in [0.717, 1.165) is 9.20 Å². The Balaban J connectivity index is 4.05. The molecule has 1 rings (SSSR count). The van der Waals surface area contributed by atoms with Crippen molar-refractivity contribution in [2.75, 3.05) is 4.23 Å². The van der Waals surface area contributed by atoms with E-state index in [1.54, 1.807) is 16.8 Å². The zero-order valence-corrected chi connectivity index (χ0v) is 29.8. The molecule has 0 unspecified atom stereocenters. The van der Waals surface area contributed by atoms with Crippen LogP contribution in [0.15, 0.2) is 18.2 Å². The van der Waals surface area contributed by atoms with E-state index in [2.05, 4.69) is 129 Å². The van der Waals surface area contributed by atoms with Gasteiger partial charge in [-0.25, -0.2) is 0 Å². The molecule has 31 heavy (non-hydrogen) atoms. The summed E-state index contributed by atoms with van der Waals surface area (Å²) in [6.45, 7) is 42.2. The highest BCUT2D eigenvalue weighted by Crippen LogP contribution is 2.42. The molecule has 178 valence electrons. The number of hydrogen-bond acceptors (Lipinski definition) is 1.